The van der Waals surface area contributed by atoms with Gasteiger partial charge in [0.05, 0.1) is 38.2 Å². The molecular weight excluding hydrogens is 536 g/mol. The van der Waals surface area contributed by atoms with Crippen LogP contribution in [-0.2, 0) is 44.9 Å². The molecule has 220 valence electrons. The smallest absolute Gasteiger partial charge is 0.336 e. The second-order valence-corrected chi connectivity index (χ2v) is 10.3. The molecule has 0 atom stereocenters. The fourth-order valence-electron chi connectivity index (χ4n) is 5.59. The molecule has 1 fully saturated rings. The van der Waals surface area contributed by atoms with Gasteiger partial charge in [0, 0.05) is 12.1 Å². The largest absolute Gasteiger partial charge is 0.426 e. The number of carbonyl (C=O) groups is 4. The van der Waals surface area contributed by atoms with E-state index in [1.54, 1.807) is 0 Å². The lowest BCUT2D eigenvalue weighted by molar-refractivity contribution is -0.163. The van der Waals surface area contributed by atoms with Crippen molar-refractivity contribution in [1.82, 2.24) is 10.1 Å². The van der Waals surface area contributed by atoms with Crippen molar-refractivity contribution < 1.29 is 37.7 Å². The maximum atomic E-state index is 12.4. The number of aryl methyl sites for hydroxylation is 2. The van der Waals surface area contributed by atoms with Crippen molar-refractivity contribution in [2.45, 2.75) is 77.6 Å². The Balaban J connectivity index is 0.000000191. The molecule has 0 bridgehead atoms. The topological polar surface area (TPSA) is 154 Å². The Morgan fingerprint density at radius 2 is 1.22 bits per heavy atom. The number of fused-ring (bicyclic) bond motifs is 2. The molecule has 0 spiro atoms. The fraction of sp³-hybridized carbons (Fsp3) is 0.517. The Labute approximate surface area is 236 Å². The summed E-state index contributed by atoms with van der Waals surface area (Å²) in [5.74, 6) is -1.20. The molecule has 12 heteroatoms. The zero-order chi connectivity index (χ0) is 29.7. The van der Waals surface area contributed by atoms with Crippen molar-refractivity contribution in [3.63, 3.8) is 0 Å². The lowest BCUT2D eigenvalue weighted by Gasteiger charge is -2.24. The van der Waals surface area contributed by atoms with Crippen molar-refractivity contribution in [1.29, 1.82) is 0 Å². The summed E-state index contributed by atoms with van der Waals surface area (Å²) < 4.78 is 10.0. The highest BCUT2D eigenvalue weighted by Gasteiger charge is 2.37. The van der Waals surface area contributed by atoms with Gasteiger partial charge in [0.2, 0.25) is 0 Å². The second-order valence-electron chi connectivity index (χ2n) is 10.3. The molecule has 0 unspecified atom stereocenters. The van der Waals surface area contributed by atoms with Crippen molar-refractivity contribution in [3.8, 4) is 0 Å². The van der Waals surface area contributed by atoms with Crippen LogP contribution >= 0.6 is 0 Å². The van der Waals surface area contributed by atoms with E-state index in [9.17, 15) is 28.8 Å². The highest BCUT2D eigenvalue weighted by atomic mass is 16.7. The maximum absolute atomic E-state index is 12.4. The van der Waals surface area contributed by atoms with Crippen LogP contribution in [0.15, 0.2) is 30.6 Å². The SMILES string of the molecule is CCCCc1cc(=O)oc2c1C(=O)N(OC)C(=O)C2.CON1C(=O)Cc2oc(=O)cc(CCC3CCCC3)c2C1=O. The molecule has 2 aliphatic heterocycles. The van der Waals surface area contributed by atoms with Gasteiger partial charge in [0.15, 0.2) is 0 Å². The van der Waals surface area contributed by atoms with Crippen LogP contribution in [0.2, 0.25) is 0 Å². The molecule has 0 N–H and O–H groups in total. The third-order valence-corrected chi connectivity index (χ3v) is 7.57. The Morgan fingerprint density at radius 3 is 1.66 bits per heavy atom. The first-order valence-corrected chi connectivity index (χ1v) is 13.8. The number of hydrogen-bond acceptors (Lipinski definition) is 10. The van der Waals surface area contributed by atoms with Gasteiger partial charge in [-0.25, -0.2) is 9.59 Å². The summed E-state index contributed by atoms with van der Waals surface area (Å²) in [6, 6.07) is 2.69. The summed E-state index contributed by atoms with van der Waals surface area (Å²) in [5.41, 5.74) is 0.849. The van der Waals surface area contributed by atoms with E-state index in [0.29, 0.717) is 40.5 Å². The van der Waals surface area contributed by atoms with Gasteiger partial charge in [-0.05, 0) is 42.7 Å². The molecule has 0 aromatic carbocycles. The monoisotopic (exact) mass is 570 g/mol. The minimum atomic E-state index is -0.566. The predicted molar refractivity (Wildman–Crippen MR) is 143 cm³/mol. The quantitative estimate of drug-likeness (QED) is 0.433. The van der Waals surface area contributed by atoms with E-state index in [-0.39, 0.29) is 29.9 Å². The standard InChI is InChI=1S/C16H19NO5.C13H15NO5/c1-21-17-13(18)9-12-15(16(17)20)11(8-14(19)22-12)7-6-10-4-2-3-5-10;1-3-4-5-8-6-11(16)19-9-7-10(15)14(18-2)13(17)12(8)9/h8,10H,2-7,9H2,1H3;6H,3-5,7H2,1-2H3. The minimum Gasteiger partial charge on any atom is -0.426 e. The lowest BCUT2D eigenvalue weighted by Crippen LogP contribution is -2.42. The molecule has 2 aromatic rings. The van der Waals surface area contributed by atoms with Crippen molar-refractivity contribution in [2.75, 3.05) is 14.2 Å². The van der Waals surface area contributed by atoms with Gasteiger partial charge in [0.1, 0.15) is 11.5 Å². The van der Waals surface area contributed by atoms with Crippen LogP contribution in [0.5, 0.6) is 0 Å². The Kier molecular flexibility index (Phi) is 9.66. The van der Waals surface area contributed by atoms with Gasteiger partial charge in [0.25, 0.3) is 23.6 Å². The summed E-state index contributed by atoms with van der Waals surface area (Å²) >= 11 is 0. The van der Waals surface area contributed by atoms with Crippen molar-refractivity contribution in [3.05, 3.63) is 66.7 Å². The highest BCUT2D eigenvalue weighted by Crippen LogP contribution is 2.30. The number of imide groups is 2. The molecule has 5 rings (SSSR count). The number of amides is 4. The molecule has 2 aromatic heterocycles. The molecular formula is C29H34N2O10. The molecule has 12 nitrogen and oxygen atoms in total. The van der Waals surface area contributed by atoms with E-state index in [0.717, 1.165) is 24.3 Å². The van der Waals surface area contributed by atoms with E-state index >= 15 is 0 Å². The first-order chi connectivity index (χ1) is 19.7. The number of carbonyl (C=O) groups excluding carboxylic acids is 4. The summed E-state index contributed by atoms with van der Waals surface area (Å²) in [6.45, 7) is 2.02. The van der Waals surface area contributed by atoms with E-state index < -0.39 is 34.9 Å². The van der Waals surface area contributed by atoms with Crippen LogP contribution in [0.4, 0.5) is 0 Å². The second kappa shape index (κ2) is 13.2. The van der Waals surface area contributed by atoms with E-state index in [1.807, 2.05) is 6.92 Å². The summed E-state index contributed by atoms with van der Waals surface area (Å²) in [7, 11) is 2.53. The molecule has 1 aliphatic carbocycles. The zero-order valence-corrected chi connectivity index (χ0v) is 23.5. The van der Waals surface area contributed by atoms with E-state index in [2.05, 4.69) is 0 Å². The lowest BCUT2D eigenvalue weighted by atomic mass is 9.93. The van der Waals surface area contributed by atoms with Gasteiger partial charge < -0.3 is 8.83 Å². The molecule has 41 heavy (non-hydrogen) atoms. The van der Waals surface area contributed by atoms with Crippen molar-refractivity contribution in [2.24, 2.45) is 5.92 Å². The first kappa shape index (κ1) is 30.1. The van der Waals surface area contributed by atoms with E-state index in [1.165, 1.54) is 52.0 Å². The van der Waals surface area contributed by atoms with Gasteiger partial charge in [-0.2, -0.15) is 0 Å². The van der Waals surface area contributed by atoms with Crippen LogP contribution in [0.25, 0.3) is 0 Å². The molecule has 4 heterocycles. The molecule has 4 amide bonds. The number of nitrogens with zero attached hydrogens (tertiary/aromatic N) is 2. The zero-order valence-electron chi connectivity index (χ0n) is 23.5. The fourth-order valence-corrected chi connectivity index (χ4v) is 5.59. The van der Waals surface area contributed by atoms with Crippen LogP contribution in [-0.4, -0.2) is 48.0 Å². The third-order valence-electron chi connectivity index (χ3n) is 7.57. The molecule has 1 saturated carbocycles. The Morgan fingerprint density at radius 1 is 0.756 bits per heavy atom. The minimum absolute atomic E-state index is 0.124. The Hall–Kier alpha value is -3.90. The average Bonchev–Trinajstić information content (AvgIpc) is 3.44. The van der Waals surface area contributed by atoms with Gasteiger partial charge >= 0.3 is 11.3 Å². The summed E-state index contributed by atoms with van der Waals surface area (Å²) in [6.07, 6.45) is 8.66. The van der Waals surface area contributed by atoms with Crippen LogP contribution in [0.1, 0.15) is 95.2 Å². The average molecular weight is 571 g/mol. The molecule has 3 aliphatic rings. The highest BCUT2D eigenvalue weighted by molar-refractivity contribution is 6.09. The Bertz CT molecular complexity index is 1450. The summed E-state index contributed by atoms with van der Waals surface area (Å²) in [5, 5.41) is 1.44. The number of hydrogen-bond donors (Lipinski definition) is 0. The number of unbranched alkanes of at least 4 members (excludes halogenated alkanes) is 1. The van der Waals surface area contributed by atoms with Crippen LogP contribution in [0.3, 0.4) is 0 Å². The maximum Gasteiger partial charge on any atom is 0.336 e. The van der Waals surface area contributed by atoms with Crippen LogP contribution < -0.4 is 11.3 Å². The van der Waals surface area contributed by atoms with Gasteiger partial charge in [-0.3, -0.25) is 28.9 Å². The molecule has 0 saturated heterocycles. The predicted octanol–water partition coefficient (Wildman–Crippen LogP) is 2.92. The number of hydroxylamine groups is 4. The van der Waals surface area contributed by atoms with E-state index in [4.69, 9.17) is 18.5 Å². The molecule has 0 radical (unpaired) electrons. The van der Waals surface area contributed by atoms with Gasteiger partial charge in [-0.15, -0.1) is 10.1 Å². The third kappa shape index (κ3) is 6.54. The van der Waals surface area contributed by atoms with Crippen LogP contribution in [0, 0.1) is 5.92 Å². The van der Waals surface area contributed by atoms with Gasteiger partial charge in [-0.1, -0.05) is 39.0 Å². The number of rotatable bonds is 8. The van der Waals surface area contributed by atoms with Crippen molar-refractivity contribution >= 4 is 23.6 Å². The first-order valence-electron chi connectivity index (χ1n) is 13.8. The normalized spacial score (nSPS) is 17.0. The summed E-state index contributed by atoms with van der Waals surface area (Å²) in [4.78, 5) is 80.8.